The van der Waals surface area contributed by atoms with Crippen LogP contribution in [0, 0.1) is 0 Å². The number of primary amides is 1. The number of para-hydroxylation sites is 1. The number of nitrogens with two attached hydrogens (primary N) is 1. The average Bonchev–Trinajstić information content (AvgIpc) is 2.83. The molecule has 0 saturated carbocycles. The van der Waals surface area contributed by atoms with Gasteiger partial charge in [-0.15, -0.1) is 0 Å². The number of benzene rings is 1. The van der Waals surface area contributed by atoms with Crippen molar-refractivity contribution in [2.75, 3.05) is 11.4 Å². The molecular formula is C14H17N3O4. The second kappa shape index (κ2) is 6.25. The molecule has 0 aromatic heterocycles. The van der Waals surface area contributed by atoms with Crippen molar-refractivity contribution in [2.24, 2.45) is 5.73 Å². The number of hydrogen-bond acceptors (Lipinski definition) is 3. The first kappa shape index (κ1) is 14.8. The van der Waals surface area contributed by atoms with E-state index in [4.69, 9.17) is 5.73 Å². The Labute approximate surface area is 121 Å². The minimum Gasteiger partial charge on any atom is -0.480 e. The van der Waals surface area contributed by atoms with Crippen LogP contribution in [0.2, 0.25) is 0 Å². The van der Waals surface area contributed by atoms with Crippen LogP contribution in [0.25, 0.3) is 0 Å². The summed E-state index contributed by atoms with van der Waals surface area (Å²) in [5.41, 5.74) is 6.46. The van der Waals surface area contributed by atoms with E-state index in [0.29, 0.717) is 18.5 Å². The number of carbonyl (C=O) groups excluding carboxylic acids is 2. The van der Waals surface area contributed by atoms with Gasteiger partial charge in [-0.1, -0.05) is 18.2 Å². The molecule has 1 aromatic carbocycles. The molecule has 1 heterocycles. The number of carbonyl (C=O) groups is 3. The number of carboxylic acids is 1. The number of carboxylic acid groups (broad SMARTS) is 1. The minimum atomic E-state index is -1.04. The van der Waals surface area contributed by atoms with Crippen molar-refractivity contribution in [1.82, 2.24) is 5.32 Å². The SMILES string of the molecule is NC(=O)CCCNC(=O)N1c2ccccc2CC1C(=O)O. The molecule has 0 bridgehead atoms. The van der Waals surface area contributed by atoms with Gasteiger partial charge in [-0.25, -0.2) is 9.59 Å². The van der Waals surface area contributed by atoms with Crippen LogP contribution in [0.1, 0.15) is 18.4 Å². The lowest BCUT2D eigenvalue weighted by Gasteiger charge is -2.22. The Morgan fingerprint density at radius 2 is 2.05 bits per heavy atom. The molecule has 2 rings (SSSR count). The zero-order valence-corrected chi connectivity index (χ0v) is 11.4. The van der Waals surface area contributed by atoms with Gasteiger partial charge in [0, 0.05) is 25.1 Å². The van der Waals surface area contributed by atoms with Gasteiger partial charge in [0.15, 0.2) is 0 Å². The van der Waals surface area contributed by atoms with Gasteiger partial charge < -0.3 is 16.2 Å². The van der Waals surface area contributed by atoms with Crippen LogP contribution >= 0.6 is 0 Å². The van der Waals surface area contributed by atoms with E-state index in [0.717, 1.165) is 5.56 Å². The highest BCUT2D eigenvalue weighted by molar-refractivity contribution is 6.01. The van der Waals surface area contributed by atoms with Gasteiger partial charge in [0.25, 0.3) is 0 Å². The van der Waals surface area contributed by atoms with E-state index in [9.17, 15) is 19.5 Å². The van der Waals surface area contributed by atoms with Crippen LogP contribution in [0.3, 0.4) is 0 Å². The molecule has 7 heteroatoms. The first-order valence-electron chi connectivity index (χ1n) is 6.67. The van der Waals surface area contributed by atoms with E-state index in [1.54, 1.807) is 12.1 Å². The van der Waals surface area contributed by atoms with E-state index >= 15 is 0 Å². The Morgan fingerprint density at radius 1 is 1.33 bits per heavy atom. The van der Waals surface area contributed by atoms with Crippen molar-refractivity contribution >= 4 is 23.6 Å². The largest absolute Gasteiger partial charge is 0.480 e. The van der Waals surface area contributed by atoms with Crippen molar-refractivity contribution in [3.05, 3.63) is 29.8 Å². The lowest BCUT2D eigenvalue weighted by Crippen LogP contribution is -2.48. The third kappa shape index (κ3) is 3.31. The topological polar surface area (TPSA) is 113 Å². The number of urea groups is 1. The summed E-state index contributed by atoms with van der Waals surface area (Å²) in [5.74, 6) is -1.47. The maximum absolute atomic E-state index is 12.2. The summed E-state index contributed by atoms with van der Waals surface area (Å²) in [6.07, 6.45) is 0.897. The molecule has 0 saturated heterocycles. The maximum atomic E-state index is 12.2. The Hall–Kier alpha value is -2.57. The average molecular weight is 291 g/mol. The molecule has 1 aliphatic rings. The number of amides is 3. The van der Waals surface area contributed by atoms with E-state index < -0.39 is 23.9 Å². The van der Waals surface area contributed by atoms with Crippen LogP contribution in [-0.2, 0) is 16.0 Å². The molecule has 0 radical (unpaired) electrons. The second-order valence-electron chi connectivity index (χ2n) is 4.86. The summed E-state index contributed by atoms with van der Waals surface area (Å²) >= 11 is 0. The molecule has 0 spiro atoms. The fourth-order valence-corrected chi connectivity index (χ4v) is 2.38. The Balaban J connectivity index is 2.06. The highest BCUT2D eigenvalue weighted by Crippen LogP contribution is 2.32. The number of aliphatic carboxylic acids is 1. The van der Waals surface area contributed by atoms with Gasteiger partial charge in [0.05, 0.1) is 0 Å². The Morgan fingerprint density at radius 3 is 2.71 bits per heavy atom. The minimum absolute atomic E-state index is 0.180. The molecule has 0 fully saturated rings. The summed E-state index contributed by atoms with van der Waals surface area (Å²) in [6.45, 7) is 0.271. The summed E-state index contributed by atoms with van der Waals surface area (Å²) < 4.78 is 0. The number of hydrogen-bond donors (Lipinski definition) is 3. The molecule has 0 aliphatic carbocycles. The van der Waals surface area contributed by atoms with Crippen molar-refractivity contribution in [3.63, 3.8) is 0 Å². The molecule has 1 atom stereocenters. The molecular weight excluding hydrogens is 274 g/mol. The quantitative estimate of drug-likeness (QED) is 0.685. The van der Waals surface area contributed by atoms with Crippen molar-refractivity contribution < 1.29 is 19.5 Å². The van der Waals surface area contributed by atoms with Gasteiger partial charge in [-0.05, 0) is 18.1 Å². The van der Waals surface area contributed by atoms with Gasteiger partial charge in [0.1, 0.15) is 6.04 Å². The zero-order valence-electron chi connectivity index (χ0n) is 11.4. The molecule has 1 aromatic rings. The van der Waals surface area contributed by atoms with Crippen LogP contribution in [0.5, 0.6) is 0 Å². The highest BCUT2D eigenvalue weighted by atomic mass is 16.4. The van der Waals surface area contributed by atoms with Crippen LogP contribution in [0.4, 0.5) is 10.5 Å². The normalized spacial score (nSPS) is 16.4. The fraction of sp³-hybridized carbons (Fsp3) is 0.357. The van der Waals surface area contributed by atoms with Crippen LogP contribution in [-0.4, -0.2) is 35.6 Å². The number of nitrogens with zero attached hydrogens (tertiary/aromatic N) is 1. The predicted octanol–water partition coefficient (Wildman–Crippen LogP) is 0.477. The summed E-state index contributed by atoms with van der Waals surface area (Å²) in [5, 5.41) is 11.9. The molecule has 1 unspecified atom stereocenters. The Bertz CT molecular complexity index is 573. The van der Waals surface area contributed by atoms with Crippen LogP contribution < -0.4 is 16.0 Å². The van der Waals surface area contributed by atoms with Gasteiger partial charge in [0.2, 0.25) is 5.91 Å². The molecule has 21 heavy (non-hydrogen) atoms. The second-order valence-corrected chi connectivity index (χ2v) is 4.86. The number of nitrogens with one attached hydrogen (secondary N) is 1. The summed E-state index contributed by atoms with van der Waals surface area (Å²) in [6, 6.07) is 5.73. The summed E-state index contributed by atoms with van der Waals surface area (Å²) in [4.78, 5) is 35.4. The van der Waals surface area contributed by atoms with Gasteiger partial charge in [-0.2, -0.15) is 0 Å². The van der Waals surface area contributed by atoms with Crippen molar-refractivity contribution in [2.45, 2.75) is 25.3 Å². The zero-order chi connectivity index (χ0) is 15.4. The lowest BCUT2D eigenvalue weighted by molar-refractivity contribution is -0.138. The van der Waals surface area contributed by atoms with E-state index in [-0.39, 0.29) is 13.0 Å². The third-order valence-electron chi connectivity index (χ3n) is 3.36. The first-order chi connectivity index (χ1) is 10.0. The van der Waals surface area contributed by atoms with E-state index in [1.807, 2.05) is 12.1 Å². The lowest BCUT2D eigenvalue weighted by atomic mass is 10.1. The highest BCUT2D eigenvalue weighted by Gasteiger charge is 2.38. The third-order valence-corrected chi connectivity index (χ3v) is 3.36. The van der Waals surface area contributed by atoms with Crippen molar-refractivity contribution in [1.29, 1.82) is 0 Å². The van der Waals surface area contributed by atoms with Gasteiger partial charge in [-0.3, -0.25) is 9.69 Å². The number of anilines is 1. The predicted molar refractivity (Wildman–Crippen MR) is 75.9 cm³/mol. The van der Waals surface area contributed by atoms with Crippen LogP contribution in [0.15, 0.2) is 24.3 Å². The molecule has 7 nitrogen and oxygen atoms in total. The summed E-state index contributed by atoms with van der Waals surface area (Å²) in [7, 11) is 0. The fourth-order valence-electron chi connectivity index (χ4n) is 2.38. The molecule has 1 aliphatic heterocycles. The number of rotatable bonds is 5. The monoisotopic (exact) mass is 291 g/mol. The number of fused-ring (bicyclic) bond motifs is 1. The van der Waals surface area contributed by atoms with Gasteiger partial charge >= 0.3 is 12.0 Å². The molecule has 4 N–H and O–H groups in total. The molecule has 112 valence electrons. The van der Waals surface area contributed by atoms with E-state index in [1.165, 1.54) is 4.90 Å². The molecule has 3 amide bonds. The smallest absolute Gasteiger partial charge is 0.327 e. The standard InChI is InChI=1S/C14H17N3O4/c15-12(18)6-3-7-16-14(21)17-10-5-2-1-4-9(10)8-11(17)13(19)20/h1-2,4-5,11H,3,6-8H2,(H2,15,18)(H,16,21)(H,19,20). The van der Waals surface area contributed by atoms with Crippen molar-refractivity contribution in [3.8, 4) is 0 Å². The Kier molecular flexibility index (Phi) is 4.42. The maximum Gasteiger partial charge on any atom is 0.327 e. The van der Waals surface area contributed by atoms with E-state index in [2.05, 4.69) is 5.32 Å². The first-order valence-corrected chi connectivity index (χ1v) is 6.67.